The zero-order chi connectivity index (χ0) is 27.2. The van der Waals surface area contributed by atoms with Crippen molar-refractivity contribution >= 4 is 36.3 Å². The van der Waals surface area contributed by atoms with Gasteiger partial charge in [0.2, 0.25) is 0 Å². The Morgan fingerprint density at radius 3 is 2.77 bits per heavy atom. The number of piperidine rings is 1. The van der Waals surface area contributed by atoms with Gasteiger partial charge >= 0.3 is 6.03 Å². The summed E-state index contributed by atoms with van der Waals surface area (Å²) in [4.78, 5) is 21.6. The van der Waals surface area contributed by atoms with Crippen molar-refractivity contribution in [3.8, 4) is 11.4 Å². The summed E-state index contributed by atoms with van der Waals surface area (Å²) in [7, 11) is 7.82. The van der Waals surface area contributed by atoms with Crippen LogP contribution in [0.1, 0.15) is 38.5 Å². The Morgan fingerprint density at radius 1 is 1.31 bits per heavy atom. The van der Waals surface area contributed by atoms with Gasteiger partial charge in [0.05, 0.1) is 40.7 Å². The molecule has 2 unspecified atom stereocenters. The number of likely N-dealkylation sites (tertiary alicyclic amines) is 1. The third-order valence-electron chi connectivity index (χ3n) is 8.78. The van der Waals surface area contributed by atoms with Crippen LogP contribution in [0.4, 0.5) is 20.7 Å². The average molecular weight is 536 g/mol. The fourth-order valence-electron chi connectivity index (χ4n) is 5.91. The predicted octanol–water partition coefficient (Wildman–Crippen LogP) is 1.45. The van der Waals surface area contributed by atoms with E-state index in [4.69, 9.17) is 12.6 Å². The molecule has 4 N–H and O–H groups in total. The number of hydrogen-bond acceptors (Lipinski definition) is 8. The van der Waals surface area contributed by atoms with Crippen LogP contribution < -0.4 is 10.2 Å². The fraction of sp³-hybridized carbons (Fsp3) is 0.600. The summed E-state index contributed by atoms with van der Waals surface area (Å²) in [6, 6.07) is 1.40. The van der Waals surface area contributed by atoms with Gasteiger partial charge in [0.15, 0.2) is 13.7 Å². The third-order valence-corrected chi connectivity index (χ3v) is 8.78. The number of pyridine rings is 1. The second kappa shape index (κ2) is 8.39. The molecular weight excluding hydrogens is 506 g/mol. The van der Waals surface area contributed by atoms with Gasteiger partial charge in [0.25, 0.3) is 0 Å². The molecular formula is C25H30BFN8O4. The number of aromatic nitrogens is 5. The maximum absolute atomic E-state index is 15.2. The van der Waals surface area contributed by atoms with Crippen LogP contribution in [0.15, 0.2) is 18.5 Å². The molecule has 3 aromatic rings. The van der Waals surface area contributed by atoms with Crippen LogP contribution in [0.3, 0.4) is 0 Å². The van der Waals surface area contributed by atoms with E-state index in [0.29, 0.717) is 66.3 Å². The lowest BCUT2D eigenvalue weighted by molar-refractivity contribution is -0.0477. The topological polar surface area (TPSA) is 145 Å². The molecule has 2 aliphatic carbocycles. The number of carbonyl (C=O) groups excluding carboxylic acids is 1. The lowest BCUT2D eigenvalue weighted by Crippen LogP contribution is -2.52. The van der Waals surface area contributed by atoms with E-state index in [-0.39, 0.29) is 36.6 Å². The molecule has 7 rings (SSSR count). The number of carbonyl (C=O) groups is 1. The maximum Gasteiger partial charge on any atom is 0.322 e. The highest BCUT2D eigenvalue weighted by Crippen LogP contribution is 2.51. The molecule has 204 valence electrons. The number of aliphatic hydroxyl groups excluding tert-OH is 1. The number of amides is 2. The van der Waals surface area contributed by atoms with Crippen LogP contribution in [0.5, 0.6) is 0 Å². The molecule has 2 saturated heterocycles. The summed E-state index contributed by atoms with van der Waals surface area (Å²) < 4.78 is 21.7. The molecule has 4 aliphatic rings. The Balaban J connectivity index is 1.23. The molecule has 3 aromatic heterocycles. The van der Waals surface area contributed by atoms with Gasteiger partial charge in [-0.3, -0.25) is 10.1 Å². The monoisotopic (exact) mass is 536 g/mol. The van der Waals surface area contributed by atoms with Crippen molar-refractivity contribution in [3.05, 3.63) is 18.5 Å². The van der Waals surface area contributed by atoms with Crippen molar-refractivity contribution in [2.24, 2.45) is 0 Å². The molecule has 2 saturated carbocycles. The molecule has 12 nitrogen and oxygen atoms in total. The summed E-state index contributed by atoms with van der Waals surface area (Å²) >= 11 is 0. The van der Waals surface area contributed by atoms with E-state index >= 15 is 4.39 Å². The van der Waals surface area contributed by atoms with Crippen LogP contribution in [-0.4, -0.2) is 104 Å². The first-order valence-electron chi connectivity index (χ1n) is 13.3. The number of methoxy groups -OCH3 is 1. The van der Waals surface area contributed by atoms with Gasteiger partial charge < -0.3 is 30.1 Å². The number of halogens is 1. The largest absolute Gasteiger partial charge is 0.393 e. The van der Waals surface area contributed by atoms with Crippen molar-refractivity contribution in [2.75, 3.05) is 37.0 Å². The number of ether oxygens (including phenoxy) is 1. The van der Waals surface area contributed by atoms with E-state index in [2.05, 4.69) is 25.6 Å². The molecule has 2 atom stereocenters. The van der Waals surface area contributed by atoms with E-state index < -0.39 is 11.3 Å². The number of fused-ring (bicyclic) bond motifs is 1. The van der Waals surface area contributed by atoms with Crippen LogP contribution in [0.2, 0.25) is 0 Å². The molecule has 4 fully saturated rings. The van der Waals surface area contributed by atoms with E-state index in [1.807, 2.05) is 4.90 Å². The lowest BCUT2D eigenvalue weighted by atomic mass is 9.84. The quantitative estimate of drug-likeness (QED) is 0.347. The van der Waals surface area contributed by atoms with Gasteiger partial charge in [0, 0.05) is 38.5 Å². The third kappa shape index (κ3) is 3.83. The van der Waals surface area contributed by atoms with Gasteiger partial charge in [-0.05, 0) is 44.6 Å². The number of aromatic amines is 1. The van der Waals surface area contributed by atoms with Crippen molar-refractivity contribution < 1.29 is 24.1 Å². The zero-order valence-corrected chi connectivity index (χ0v) is 21.6. The van der Waals surface area contributed by atoms with E-state index in [9.17, 15) is 15.0 Å². The van der Waals surface area contributed by atoms with Gasteiger partial charge in [-0.1, -0.05) is 0 Å². The SMILES string of the molecule is [B]C(O)(n1nc(N2CC(OC)C2)c2cnc(-c3[nH]ncc3NC(=O)N3CCC(O)CC34CC4)cc21)C1(F)CC1. The van der Waals surface area contributed by atoms with Crippen LogP contribution >= 0.6 is 0 Å². The molecule has 2 radical (unpaired) electrons. The number of urea groups is 1. The second-order valence-corrected chi connectivity index (χ2v) is 11.4. The Bertz CT molecular complexity index is 1440. The van der Waals surface area contributed by atoms with Crippen LogP contribution in [0, 0.1) is 0 Å². The molecule has 2 amide bonds. The Morgan fingerprint density at radius 2 is 2.08 bits per heavy atom. The highest BCUT2D eigenvalue weighted by molar-refractivity contribution is 6.14. The number of hydrogen-bond donors (Lipinski definition) is 4. The van der Waals surface area contributed by atoms with Crippen molar-refractivity contribution in [2.45, 2.75) is 67.6 Å². The number of nitrogens with one attached hydrogen (secondary N) is 2. The smallest absolute Gasteiger partial charge is 0.322 e. The molecule has 14 heteroatoms. The van der Waals surface area contributed by atoms with Crippen molar-refractivity contribution in [3.63, 3.8) is 0 Å². The summed E-state index contributed by atoms with van der Waals surface area (Å²) in [5.74, 6) is 0.533. The first kappa shape index (κ1) is 24.8. The highest BCUT2D eigenvalue weighted by Gasteiger charge is 2.59. The van der Waals surface area contributed by atoms with Gasteiger partial charge in [-0.25, -0.2) is 13.9 Å². The van der Waals surface area contributed by atoms with Crippen LogP contribution in [0.25, 0.3) is 22.3 Å². The Hall–Kier alpha value is -3.23. The molecule has 1 spiro atoms. The van der Waals surface area contributed by atoms with Crippen molar-refractivity contribution in [1.82, 2.24) is 29.9 Å². The zero-order valence-electron chi connectivity index (χ0n) is 21.6. The number of H-pyrrole nitrogens is 1. The number of rotatable bonds is 6. The number of aliphatic hydroxyl groups is 2. The summed E-state index contributed by atoms with van der Waals surface area (Å²) in [6.45, 7) is 1.67. The fourth-order valence-corrected chi connectivity index (χ4v) is 5.91. The standard InChI is InChI=1S/C25H30BFN8O4/c1-39-15-12-33(13-15)21-16-10-28-17(8-19(16)35(32-21)25(26,38)24(27)5-6-24)20-18(11-29-31-20)30-22(37)34-7-2-14(36)9-23(34)3-4-23/h8,10-11,14-15,36,38H,2-7,9,12-13H2,1H3,(H,29,31)(H,30,37). The first-order valence-corrected chi connectivity index (χ1v) is 13.3. The Kier molecular flexibility index (Phi) is 5.33. The number of nitrogens with zero attached hydrogens (tertiary/aromatic N) is 6. The summed E-state index contributed by atoms with van der Waals surface area (Å²) in [5.41, 5.74) is -2.92. The molecule has 0 aromatic carbocycles. The summed E-state index contributed by atoms with van der Waals surface area (Å²) in [5, 5.41) is 36.3. The minimum Gasteiger partial charge on any atom is -0.393 e. The van der Waals surface area contributed by atoms with Gasteiger partial charge in [0.1, 0.15) is 17.0 Å². The molecule has 2 aliphatic heterocycles. The minimum absolute atomic E-state index is 0.0549. The number of anilines is 2. The maximum atomic E-state index is 15.2. The van der Waals surface area contributed by atoms with Crippen molar-refractivity contribution in [1.29, 1.82) is 0 Å². The predicted molar refractivity (Wildman–Crippen MR) is 140 cm³/mol. The number of alkyl halides is 1. The van der Waals surface area contributed by atoms with Gasteiger partial charge in [-0.2, -0.15) is 10.2 Å². The normalized spacial score (nSPS) is 25.0. The first-order chi connectivity index (χ1) is 18.6. The molecule has 39 heavy (non-hydrogen) atoms. The average Bonchev–Trinajstić information content (AvgIpc) is 3.72. The minimum atomic E-state index is -2.35. The second-order valence-electron chi connectivity index (χ2n) is 11.4. The summed E-state index contributed by atoms with van der Waals surface area (Å²) in [6.07, 6.45) is 5.93. The van der Waals surface area contributed by atoms with E-state index in [0.717, 1.165) is 17.5 Å². The van der Waals surface area contributed by atoms with E-state index in [1.165, 1.54) is 6.20 Å². The highest BCUT2D eigenvalue weighted by atomic mass is 19.1. The lowest BCUT2D eigenvalue weighted by Gasteiger charge is -2.38. The molecule has 0 bridgehead atoms. The van der Waals surface area contributed by atoms with Crippen LogP contribution in [-0.2, 0) is 10.4 Å². The van der Waals surface area contributed by atoms with Gasteiger partial charge in [-0.15, -0.1) is 0 Å². The van der Waals surface area contributed by atoms with E-state index in [1.54, 1.807) is 24.3 Å². The Labute approximate surface area is 224 Å². The molecule has 5 heterocycles.